The second-order valence-electron chi connectivity index (χ2n) is 6.06. The summed E-state index contributed by atoms with van der Waals surface area (Å²) in [5.41, 5.74) is 3.21. The van der Waals surface area contributed by atoms with E-state index in [1.54, 1.807) is 26.1 Å². The molecule has 0 aromatic heterocycles. The maximum Gasteiger partial charge on any atom is 0.251 e. The van der Waals surface area contributed by atoms with E-state index in [-0.39, 0.29) is 35.7 Å². The van der Waals surface area contributed by atoms with E-state index in [2.05, 4.69) is 40.0 Å². The standard InChI is InChI=1S/C20H25FN4O.HI/c1-14-5-4-6-16(11-14)13-25-20(22-3)24-10-9-23-19(26)17-8-7-15(2)18(21)12-17;/h4-8,11-12H,9-10,13H2,1-3H3,(H,23,26)(H2,22,24,25);1H. The van der Waals surface area contributed by atoms with Gasteiger partial charge >= 0.3 is 0 Å². The quantitative estimate of drug-likeness (QED) is 0.256. The zero-order valence-electron chi connectivity index (χ0n) is 15.8. The Kier molecular flexibility index (Phi) is 9.77. The van der Waals surface area contributed by atoms with Gasteiger partial charge in [0.05, 0.1) is 0 Å². The number of benzene rings is 2. The highest BCUT2D eigenvalue weighted by Crippen LogP contribution is 2.08. The minimum absolute atomic E-state index is 0. The van der Waals surface area contributed by atoms with Crippen molar-refractivity contribution in [3.63, 3.8) is 0 Å². The van der Waals surface area contributed by atoms with E-state index < -0.39 is 0 Å². The molecule has 0 aliphatic heterocycles. The van der Waals surface area contributed by atoms with Crippen molar-refractivity contribution in [1.82, 2.24) is 16.0 Å². The molecule has 7 heteroatoms. The van der Waals surface area contributed by atoms with Gasteiger partial charge in [-0.15, -0.1) is 24.0 Å². The molecule has 3 N–H and O–H groups in total. The SMILES string of the molecule is CN=C(NCCNC(=O)c1ccc(C)c(F)c1)NCc1cccc(C)c1.I. The van der Waals surface area contributed by atoms with Crippen LogP contribution in [0.4, 0.5) is 4.39 Å². The summed E-state index contributed by atoms with van der Waals surface area (Å²) in [6.45, 7) is 5.29. The van der Waals surface area contributed by atoms with Gasteiger partial charge in [-0.2, -0.15) is 0 Å². The zero-order chi connectivity index (χ0) is 18.9. The first-order valence-electron chi connectivity index (χ1n) is 8.54. The molecule has 0 aliphatic carbocycles. The van der Waals surface area contributed by atoms with E-state index in [1.165, 1.54) is 17.2 Å². The predicted molar refractivity (Wildman–Crippen MR) is 118 cm³/mol. The van der Waals surface area contributed by atoms with Gasteiger partial charge < -0.3 is 16.0 Å². The lowest BCUT2D eigenvalue weighted by atomic mass is 10.1. The Hall–Kier alpha value is -2.16. The molecule has 0 heterocycles. The molecule has 0 aliphatic rings. The van der Waals surface area contributed by atoms with Crippen LogP contribution >= 0.6 is 24.0 Å². The molecule has 146 valence electrons. The van der Waals surface area contributed by atoms with Gasteiger partial charge in [-0.05, 0) is 37.1 Å². The monoisotopic (exact) mass is 484 g/mol. The number of hydrogen-bond acceptors (Lipinski definition) is 2. The fourth-order valence-corrected chi connectivity index (χ4v) is 2.42. The van der Waals surface area contributed by atoms with Gasteiger partial charge in [0.1, 0.15) is 5.82 Å². The Balaban J connectivity index is 0.00000364. The molecule has 0 bridgehead atoms. The van der Waals surface area contributed by atoms with Crippen molar-refractivity contribution in [3.8, 4) is 0 Å². The summed E-state index contributed by atoms with van der Waals surface area (Å²) >= 11 is 0. The Morgan fingerprint density at radius 2 is 1.78 bits per heavy atom. The van der Waals surface area contributed by atoms with Crippen molar-refractivity contribution >= 4 is 35.8 Å². The second-order valence-corrected chi connectivity index (χ2v) is 6.06. The number of amides is 1. The molecule has 2 aromatic carbocycles. The highest BCUT2D eigenvalue weighted by molar-refractivity contribution is 14.0. The average Bonchev–Trinajstić information content (AvgIpc) is 2.63. The van der Waals surface area contributed by atoms with Gasteiger partial charge in [-0.1, -0.05) is 35.9 Å². The van der Waals surface area contributed by atoms with Crippen molar-refractivity contribution in [2.75, 3.05) is 20.1 Å². The van der Waals surface area contributed by atoms with Crippen LogP contribution in [-0.4, -0.2) is 32.0 Å². The van der Waals surface area contributed by atoms with E-state index in [4.69, 9.17) is 0 Å². The lowest BCUT2D eigenvalue weighted by molar-refractivity contribution is 0.0954. The first kappa shape index (κ1) is 22.9. The topological polar surface area (TPSA) is 65.5 Å². The van der Waals surface area contributed by atoms with Gasteiger partial charge in [-0.25, -0.2) is 4.39 Å². The van der Waals surface area contributed by atoms with Gasteiger partial charge in [0, 0.05) is 32.2 Å². The Morgan fingerprint density at radius 1 is 1.04 bits per heavy atom. The largest absolute Gasteiger partial charge is 0.355 e. The molecule has 0 spiro atoms. The lowest BCUT2D eigenvalue weighted by Gasteiger charge is -2.13. The number of guanidine groups is 1. The minimum Gasteiger partial charge on any atom is -0.355 e. The molecule has 0 unspecified atom stereocenters. The average molecular weight is 484 g/mol. The maximum absolute atomic E-state index is 13.5. The first-order chi connectivity index (χ1) is 12.5. The normalized spacial score (nSPS) is 10.7. The van der Waals surface area contributed by atoms with Crippen LogP contribution in [-0.2, 0) is 6.54 Å². The Bertz CT molecular complexity index is 795. The first-order valence-corrected chi connectivity index (χ1v) is 8.54. The predicted octanol–water partition coefficient (Wildman–Crippen LogP) is 3.16. The van der Waals surface area contributed by atoms with Gasteiger partial charge in [0.2, 0.25) is 0 Å². The van der Waals surface area contributed by atoms with Crippen LogP contribution in [0.15, 0.2) is 47.5 Å². The summed E-state index contributed by atoms with van der Waals surface area (Å²) < 4.78 is 13.5. The fraction of sp³-hybridized carbons (Fsp3) is 0.300. The smallest absolute Gasteiger partial charge is 0.251 e. The summed E-state index contributed by atoms with van der Waals surface area (Å²) in [5.74, 6) is -0.0212. The summed E-state index contributed by atoms with van der Waals surface area (Å²) in [7, 11) is 1.69. The number of carbonyl (C=O) groups is 1. The van der Waals surface area contributed by atoms with Gasteiger partial charge in [-0.3, -0.25) is 9.79 Å². The number of halogens is 2. The molecule has 0 fully saturated rings. The van der Waals surface area contributed by atoms with E-state index >= 15 is 0 Å². The highest BCUT2D eigenvalue weighted by Gasteiger charge is 2.07. The Labute approximate surface area is 176 Å². The van der Waals surface area contributed by atoms with Crippen LogP contribution in [0.3, 0.4) is 0 Å². The lowest BCUT2D eigenvalue weighted by Crippen LogP contribution is -2.41. The molecule has 0 radical (unpaired) electrons. The van der Waals surface area contributed by atoms with Crippen LogP contribution in [0.2, 0.25) is 0 Å². The van der Waals surface area contributed by atoms with Crippen LogP contribution < -0.4 is 16.0 Å². The number of aryl methyl sites for hydroxylation is 2. The summed E-state index contributed by atoms with van der Waals surface area (Å²) in [6.07, 6.45) is 0. The third-order valence-electron chi connectivity index (χ3n) is 3.90. The molecular formula is C20H26FIN4O. The number of hydrogen-bond donors (Lipinski definition) is 3. The second kappa shape index (κ2) is 11.5. The van der Waals surface area contributed by atoms with Crippen LogP contribution in [0.5, 0.6) is 0 Å². The molecular weight excluding hydrogens is 458 g/mol. The summed E-state index contributed by atoms with van der Waals surface area (Å²) in [6, 6.07) is 12.7. The van der Waals surface area contributed by atoms with E-state index in [1.807, 2.05) is 12.1 Å². The zero-order valence-corrected chi connectivity index (χ0v) is 18.1. The van der Waals surface area contributed by atoms with E-state index in [9.17, 15) is 9.18 Å². The van der Waals surface area contributed by atoms with Crippen molar-refractivity contribution in [2.24, 2.45) is 4.99 Å². The van der Waals surface area contributed by atoms with Crippen molar-refractivity contribution in [2.45, 2.75) is 20.4 Å². The number of aliphatic imine (C=N–C) groups is 1. The molecule has 27 heavy (non-hydrogen) atoms. The Morgan fingerprint density at radius 3 is 2.44 bits per heavy atom. The molecule has 5 nitrogen and oxygen atoms in total. The minimum atomic E-state index is -0.378. The van der Waals surface area contributed by atoms with E-state index in [0.29, 0.717) is 36.7 Å². The number of rotatable bonds is 6. The molecule has 0 saturated carbocycles. The highest BCUT2D eigenvalue weighted by atomic mass is 127. The van der Waals surface area contributed by atoms with E-state index in [0.717, 1.165) is 0 Å². The van der Waals surface area contributed by atoms with Crippen molar-refractivity contribution in [3.05, 3.63) is 70.5 Å². The molecule has 1 amide bonds. The molecule has 2 rings (SSSR count). The van der Waals surface area contributed by atoms with Crippen molar-refractivity contribution in [1.29, 1.82) is 0 Å². The number of nitrogens with one attached hydrogen (secondary N) is 3. The number of nitrogens with zero attached hydrogens (tertiary/aromatic N) is 1. The maximum atomic E-state index is 13.5. The molecule has 0 saturated heterocycles. The fourth-order valence-electron chi connectivity index (χ4n) is 2.42. The third kappa shape index (κ3) is 7.54. The molecule has 2 aromatic rings. The van der Waals surface area contributed by atoms with Gasteiger partial charge in [0.15, 0.2) is 5.96 Å². The van der Waals surface area contributed by atoms with Crippen molar-refractivity contribution < 1.29 is 9.18 Å². The summed E-state index contributed by atoms with van der Waals surface area (Å²) in [4.78, 5) is 16.2. The molecule has 0 atom stereocenters. The van der Waals surface area contributed by atoms with Crippen LogP contribution in [0.25, 0.3) is 0 Å². The van der Waals surface area contributed by atoms with Crippen LogP contribution in [0.1, 0.15) is 27.0 Å². The third-order valence-corrected chi connectivity index (χ3v) is 3.90. The van der Waals surface area contributed by atoms with Gasteiger partial charge in [0.25, 0.3) is 5.91 Å². The number of carbonyl (C=O) groups excluding carboxylic acids is 1. The summed E-state index contributed by atoms with van der Waals surface area (Å²) in [5, 5.41) is 9.11. The van der Waals surface area contributed by atoms with Crippen LogP contribution in [0, 0.1) is 19.7 Å².